The molecule has 0 spiro atoms. The van der Waals surface area contributed by atoms with Crippen molar-refractivity contribution in [2.75, 3.05) is 0 Å². The first-order valence-electron chi connectivity index (χ1n) is 6.46. The predicted molar refractivity (Wildman–Crippen MR) is 67.4 cm³/mol. The Bertz CT molecular complexity index is 436. The molecule has 2 aliphatic carbocycles. The van der Waals surface area contributed by atoms with Gasteiger partial charge in [-0.05, 0) is 54.5 Å². The minimum atomic E-state index is 0.249. The molecule has 2 fully saturated rings. The van der Waals surface area contributed by atoms with Crippen LogP contribution in [0.2, 0.25) is 0 Å². The second kappa shape index (κ2) is 4.42. The molecular formula is C14H17N3. The number of rotatable bonds is 3. The van der Waals surface area contributed by atoms with Crippen LogP contribution in [0, 0.1) is 17.8 Å². The monoisotopic (exact) mass is 227 g/mol. The van der Waals surface area contributed by atoms with E-state index in [0.717, 1.165) is 12.3 Å². The van der Waals surface area contributed by atoms with Crippen LogP contribution >= 0.6 is 0 Å². The Kier molecular flexibility index (Phi) is 2.77. The molecule has 0 amide bonds. The number of fused-ring (bicyclic) bond motifs is 2. The minimum Gasteiger partial charge on any atom is -0.0900 e. The molecule has 3 nitrogen and oxygen atoms in total. The van der Waals surface area contributed by atoms with Gasteiger partial charge in [-0.1, -0.05) is 35.4 Å². The standard InChI is InChI=1S/C14H17N3/c15-17-16-14-12-7-6-11(9-12)13(14)8-10-4-2-1-3-5-10/h1-5,11-14H,6-9H2/t11-,12+,13+,14-/m1/s1. The van der Waals surface area contributed by atoms with E-state index in [-0.39, 0.29) is 6.04 Å². The van der Waals surface area contributed by atoms with Crippen LogP contribution in [0.15, 0.2) is 35.4 Å². The van der Waals surface area contributed by atoms with Gasteiger partial charge in [0.2, 0.25) is 0 Å². The average Bonchev–Trinajstić information content (AvgIpc) is 2.94. The van der Waals surface area contributed by atoms with Gasteiger partial charge in [-0.3, -0.25) is 0 Å². The van der Waals surface area contributed by atoms with E-state index in [1.165, 1.54) is 24.8 Å². The fourth-order valence-corrected chi connectivity index (χ4v) is 3.79. The molecule has 0 N–H and O–H groups in total. The summed E-state index contributed by atoms with van der Waals surface area (Å²) in [7, 11) is 0. The molecule has 0 aromatic heterocycles. The molecule has 0 unspecified atom stereocenters. The first-order valence-corrected chi connectivity index (χ1v) is 6.46. The molecular weight excluding hydrogens is 210 g/mol. The van der Waals surface area contributed by atoms with Gasteiger partial charge < -0.3 is 0 Å². The zero-order valence-electron chi connectivity index (χ0n) is 9.87. The Balaban J connectivity index is 1.79. The van der Waals surface area contributed by atoms with E-state index < -0.39 is 0 Å². The van der Waals surface area contributed by atoms with E-state index in [1.54, 1.807) is 0 Å². The van der Waals surface area contributed by atoms with E-state index in [4.69, 9.17) is 5.53 Å². The van der Waals surface area contributed by atoms with Gasteiger partial charge in [-0.15, -0.1) is 0 Å². The lowest BCUT2D eigenvalue weighted by molar-refractivity contribution is 0.287. The van der Waals surface area contributed by atoms with E-state index in [2.05, 4.69) is 40.4 Å². The average molecular weight is 227 g/mol. The summed E-state index contributed by atoms with van der Waals surface area (Å²) < 4.78 is 0. The van der Waals surface area contributed by atoms with Crippen molar-refractivity contribution in [2.45, 2.75) is 31.7 Å². The van der Waals surface area contributed by atoms with Crippen molar-refractivity contribution in [2.24, 2.45) is 22.9 Å². The highest BCUT2D eigenvalue weighted by molar-refractivity contribution is 5.17. The van der Waals surface area contributed by atoms with Crippen LogP contribution < -0.4 is 0 Å². The zero-order chi connectivity index (χ0) is 11.7. The maximum Gasteiger partial charge on any atom is 0.0436 e. The number of hydrogen-bond donors (Lipinski definition) is 0. The summed E-state index contributed by atoms with van der Waals surface area (Å²) in [5.74, 6) is 2.02. The van der Waals surface area contributed by atoms with Crippen LogP contribution in [0.4, 0.5) is 0 Å². The molecule has 4 atom stereocenters. The molecule has 1 aromatic carbocycles. The van der Waals surface area contributed by atoms with E-state index >= 15 is 0 Å². The highest BCUT2D eigenvalue weighted by atomic mass is 15.2. The van der Waals surface area contributed by atoms with Crippen molar-refractivity contribution in [1.29, 1.82) is 0 Å². The molecule has 3 heteroatoms. The highest BCUT2D eigenvalue weighted by Crippen LogP contribution is 2.51. The van der Waals surface area contributed by atoms with Crippen LogP contribution in [0.5, 0.6) is 0 Å². The molecule has 2 bridgehead atoms. The molecule has 3 rings (SSSR count). The summed E-state index contributed by atoms with van der Waals surface area (Å²) in [6.45, 7) is 0. The van der Waals surface area contributed by atoms with Crippen LogP contribution in [0.1, 0.15) is 24.8 Å². The number of benzene rings is 1. The minimum absolute atomic E-state index is 0.249. The summed E-state index contributed by atoms with van der Waals surface area (Å²) in [5.41, 5.74) is 10.1. The zero-order valence-corrected chi connectivity index (χ0v) is 9.87. The van der Waals surface area contributed by atoms with Gasteiger partial charge in [0.15, 0.2) is 0 Å². The highest BCUT2D eigenvalue weighted by Gasteiger charge is 2.46. The Morgan fingerprint density at radius 2 is 1.94 bits per heavy atom. The second-order valence-electron chi connectivity index (χ2n) is 5.38. The third kappa shape index (κ3) is 1.91. The first-order chi connectivity index (χ1) is 8.38. The number of nitrogens with zero attached hydrogens (tertiary/aromatic N) is 3. The molecule has 0 aliphatic heterocycles. The van der Waals surface area contributed by atoms with Gasteiger partial charge in [0.25, 0.3) is 0 Å². The van der Waals surface area contributed by atoms with Crippen LogP contribution in [-0.4, -0.2) is 6.04 Å². The summed E-state index contributed by atoms with van der Waals surface area (Å²) in [6, 6.07) is 10.8. The third-order valence-electron chi connectivity index (χ3n) is 4.54. The molecule has 88 valence electrons. The fraction of sp³-hybridized carbons (Fsp3) is 0.571. The smallest absolute Gasteiger partial charge is 0.0436 e. The first kappa shape index (κ1) is 10.7. The van der Waals surface area contributed by atoms with Crippen LogP contribution in [-0.2, 0) is 6.42 Å². The molecule has 2 saturated carbocycles. The number of hydrogen-bond acceptors (Lipinski definition) is 1. The maximum absolute atomic E-state index is 8.70. The summed E-state index contributed by atoms with van der Waals surface area (Å²) in [5, 5.41) is 4.06. The fourth-order valence-electron chi connectivity index (χ4n) is 3.79. The lowest BCUT2D eigenvalue weighted by Gasteiger charge is -2.27. The third-order valence-corrected chi connectivity index (χ3v) is 4.54. The lowest BCUT2D eigenvalue weighted by Crippen LogP contribution is -2.27. The van der Waals surface area contributed by atoms with Gasteiger partial charge in [0, 0.05) is 11.0 Å². The van der Waals surface area contributed by atoms with Crippen molar-refractivity contribution in [3.63, 3.8) is 0 Å². The Morgan fingerprint density at radius 3 is 2.71 bits per heavy atom. The summed E-state index contributed by atoms with van der Waals surface area (Å²) in [4.78, 5) is 3.05. The van der Waals surface area contributed by atoms with E-state index in [9.17, 15) is 0 Å². The van der Waals surface area contributed by atoms with E-state index in [0.29, 0.717) is 11.8 Å². The van der Waals surface area contributed by atoms with Crippen LogP contribution in [0.25, 0.3) is 10.4 Å². The number of azide groups is 1. The lowest BCUT2D eigenvalue weighted by atomic mass is 9.81. The molecule has 0 saturated heterocycles. The predicted octanol–water partition coefficient (Wildman–Crippen LogP) is 3.95. The molecule has 17 heavy (non-hydrogen) atoms. The van der Waals surface area contributed by atoms with E-state index in [1.807, 2.05) is 0 Å². The van der Waals surface area contributed by atoms with Gasteiger partial charge >= 0.3 is 0 Å². The van der Waals surface area contributed by atoms with Crippen molar-refractivity contribution >= 4 is 0 Å². The van der Waals surface area contributed by atoms with Gasteiger partial charge in [0.1, 0.15) is 0 Å². The van der Waals surface area contributed by atoms with Crippen molar-refractivity contribution in [3.8, 4) is 0 Å². The molecule has 1 aromatic rings. The van der Waals surface area contributed by atoms with Crippen molar-refractivity contribution < 1.29 is 0 Å². The van der Waals surface area contributed by atoms with Crippen molar-refractivity contribution in [1.82, 2.24) is 0 Å². The maximum atomic E-state index is 8.70. The quantitative estimate of drug-likeness (QED) is 0.426. The Labute approximate surface area is 101 Å². The largest absolute Gasteiger partial charge is 0.0900 e. The summed E-state index contributed by atoms with van der Waals surface area (Å²) >= 11 is 0. The normalized spacial score (nSPS) is 34.6. The van der Waals surface area contributed by atoms with Gasteiger partial charge in [-0.25, -0.2) is 0 Å². The molecule has 0 heterocycles. The van der Waals surface area contributed by atoms with Gasteiger partial charge in [-0.2, -0.15) is 0 Å². The van der Waals surface area contributed by atoms with Gasteiger partial charge in [0.05, 0.1) is 0 Å². The van der Waals surface area contributed by atoms with Crippen LogP contribution in [0.3, 0.4) is 0 Å². The molecule has 0 radical (unpaired) electrons. The summed E-state index contributed by atoms with van der Waals surface area (Å²) in [6.07, 6.45) is 4.95. The SMILES string of the molecule is [N-]=[N+]=N[C@@H]1[C@H]2CC[C@H](C2)[C@@H]1Cc1ccccc1. The second-order valence-corrected chi connectivity index (χ2v) is 5.38. The topological polar surface area (TPSA) is 48.8 Å². The van der Waals surface area contributed by atoms with Crippen molar-refractivity contribution in [3.05, 3.63) is 46.3 Å². The Morgan fingerprint density at radius 1 is 1.18 bits per heavy atom. The Hall–Kier alpha value is -1.47. The molecule has 2 aliphatic rings.